The van der Waals surface area contributed by atoms with Gasteiger partial charge in [-0.05, 0) is 19.8 Å². The number of unbranched alkanes of at least 4 members (excludes halogenated alkanes) is 1. The summed E-state index contributed by atoms with van der Waals surface area (Å²) in [5.74, 6) is -0.475. The molecule has 2 saturated heterocycles. The molecule has 122 valence electrons. The maximum atomic E-state index is 12.0. The van der Waals surface area contributed by atoms with Crippen LogP contribution in [0, 0.1) is 5.92 Å². The highest BCUT2D eigenvalue weighted by atomic mass is 17.0. The molecule has 0 aromatic heterocycles. The lowest BCUT2D eigenvalue weighted by atomic mass is 9.98. The molecule has 0 saturated carbocycles. The zero-order chi connectivity index (χ0) is 15.2. The maximum absolute atomic E-state index is 12.0. The molecular weight excluding hydrogens is 278 g/mol. The minimum Gasteiger partial charge on any atom is -0.394 e. The summed E-state index contributed by atoms with van der Waals surface area (Å²) in [6.07, 6.45) is 1.89. The molecule has 7 nitrogen and oxygen atoms in total. The molecule has 2 aliphatic heterocycles. The van der Waals surface area contributed by atoms with Crippen molar-refractivity contribution in [3.63, 3.8) is 0 Å². The second-order valence-electron chi connectivity index (χ2n) is 5.39. The Balaban J connectivity index is 1.81. The Morgan fingerprint density at radius 3 is 2.71 bits per heavy atom. The van der Waals surface area contributed by atoms with Crippen LogP contribution in [0.4, 0.5) is 0 Å². The lowest BCUT2D eigenvalue weighted by molar-refractivity contribution is -0.471. The normalized spacial score (nSPS) is 35.6. The van der Waals surface area contributed by atoms with E-state index in [1.807, 2.05) is 0 Å². The molecule has 2 N–H and O–H groups in total. The average Bonchev–Trinajstić information content (AvgIpc) is 2.73. The molecule has 0 aromatic rings. The Kier molecular flexibility index (Phi) is 6.38. The van der Waals surface area contributed by atoms with Gasteiger partial charge in [-0.1, -0.05) is 13.3 Å². The van der Waals surface area contributed by atoms with Crippen LogP contribution in [-0.2, 0) is 23.7 Å². The van der Waals surface area contributed by atoms with E-state index < -0.39 is 18.6 Å². The number of amides is 1. The summed E-state index contributed by atoms with van der Waals surface area (Å²) in [6.45, 7) is 4.13. The molecule has 21 heavy (non-hydrogen) atoms. The molecule has 2 unspecified atom stereocenters. The van der Waals surface area contributed by atoms with Gasteiger partial charge in [-0.15, -0.1) is 0 Å². The largest absolute Gasteiger partial charge is 0.394 e. The van der Waals surface area contributed by atoms with Crippen molar-refractivity contribution in [3.05, 3.63) is 0 Å². The average molecular weight is 303 g/mol. The summed E-state index contributed by atoms with van der Waals surface area (Å²) in [5, 5.41) is 12.1. The standard InChI is InChI=1S/C14H25NO6/c1-3-4-6-18-7-5-10-12(11(8-16)15-13(10)17)21-14-19-9(2)20-14/h9-12,14,16H,3-8H2,1-2H3,(H,15,17)/t9?,10?,11?,12-,14?/m1/s1. The van der Waals surface area contributed by atoms with E-state index in [-0.39, 0.29) is 24.7 Å². The summed E-state index contributed by atoms with van der Waals surface area (Å²) in [5.41, 5.74) is 0. The van der Waals surface area contributed by atoms with Gasteiger partial charge in [-0.2, -0.15) is 0 Å². The molecule has 0 radical (unpaired) electrons. The van der Waals surface area contributed by atoms with Crippen LogP contribution in [0.1, 0.15) is 33.1 Å². The Morgan fingerprint density at radius 2 is 2.10 bits per heavy atom. The summed E-state index contributed by atoms with van der Waals surface area (Å²) >= 11 is 0. The van der Waals surface area contributed by atoms with Crippen molar-refractivity contribution >= 4 is 5.91 Å². The smallest absolute Gasteiger partial charge is 0.276 e. The third-order valence-corrected chi connectivity index (χ3v) is 3.74. The number of aliphatic hydroxyl groups excluding tert-OH is 1. The zero-order valence-corrected chi connectivity index (χ0v) is 12.6. The van der Waals surface area contributed by atoms with E-state index in [2.05, 4.69) is 12.2 Å². The van der Waals surface area contributed by atoms with Gasteiger partial charge < -0.3 is 29.4 Å². The number of rotatable bonds is 9. The SMILES string of the molecule is CCCCOCCC1C(=O)NC(CO)[C@@H]1OC1OC(C)O1. The van der Waals surface area contributed by atoms with Crippen molar-refractivity contribution in [3.8, 4) is 0 Å². The van der Waals surface area contributed by atoms with E-state index in [1.54, 1.807) is 6.92 Å². The highest BCUT2D eigenvalue weighted by Gasteiger charge is 2.45. The van der Waals surface area contributed by atoms with Crippen molar-refractivity contribution in [2.75, 3.05) is 19.8 Å². The monoisotopic (exact) mass is 303 g/mol. The van der Waals surface area contributed by atoms with E-state index >= 15 is 0 Å². The summed E-state index contributed by atoms with van der Waals surface area (Å²) < 4.78 is 21.6. The van der Waals surface area contributed by atoms with E-state index in [1.165, 1.54) is 0 Å². The fourth-order valence-electron chi connectivity index (χ4n) is 2.51. The van der Waals surface area contributed by atoms with Crippen molar-refractivity contribution < 1.29 is 28.8 Å². The first-order valence-electron chi connectivity index (χ1n) is 7.61. The molecule has 0 bridgehead atoms. The quantitative estimate of drug-likeness (QED) is 0.598. The second-order valence-corrected chi connectivity index (χ2v) is 5.39. The third-order valence-electron chi connectivity index (χ3n) is 3.74. The number of ether oxygens (including phenoxy) is 4. The molecular formula is C14H25NO6. The van der Waals surface area contributed by atoms with Crippen molar-refractivity contribution in [2.45, 2.75) is 58.0 Å². The first kappa shape index (κ1) is 16.6. The van der Waals surface area contributed by atoms with Crippen LogP contribution in [0.5, 0.6) is 0 Å². The predicted molar refractivity (Wildman–Crippen MR) is 73.1 cm³/mol. The lowest BCUT2D eigenvalue weighted by Gasteiger charge is -2.36. The van der Waals surface area contributed by atoms with Crippen molar-refractivity contribution in [2.24, 2.45) is 5.92 Å². The fraction of sp³-hybridized carbons (Fsp3) is 0.929. The Hall–Kier alpha value is -0.730. The van der Waals surface area contributed by atoms with Gasteiger partial charge in [0.1, 0.15) is 0 Å². The highest BCUT2D eigenvalue weighted by Crippen LogP contribution is 2.28. The van der Waals surface area contributed by atoms with Gasteiger partial charge in [-0.3, -0.25) is 4.79 Å². The Bertz CT molecular complexity index is 333. The minimum absolute atomic E-state index is 0.120. The predicted octanol–water partition coefficient (Wildman–Crippen LogP) is 0.362. The third kappa shape index (κ3) is 4.37. The topological polar surface area (TPSA) is 86.3 Å². The van der Waals surface area contributed by atoms with Gasteiger partial charge in [0.25, 0.3) is 6.48 Å². The molecule has 7 heteroatoms. The van der Waals surface area contributed by atoms with Gasteiger partial charge in [-0.25, -0.2) is 0 Å². The van der Waals surface area contributed by atoms with Gasteiger partial charge in [0.15, 0.2) is 6.29 Å². The highest BCUT2D eigenvalue weighted by molar-refractivity contribution is 5.82. The van der Waals surface area contributed by atoms with E-state index in [0.29, 0.717) is 19.6 Å². The van der Waals surface area contributed by atoms with E-state index in [0.717, 1.165) is 12.8 Å². The number of hydrogen-bond acceptors (Lipinski definition) is 6. The van der Waals surface area contributed by atoms with Crippen LogP contribution in [0.2, 0.25) is 0 Å². The molecule has 2 heterocycles. The number of nitrogens with one attached hydrogen (secondary N) is 1. The Labute approximate surface area is 124 Å². The molecule has 0 spiro atoms. The van der Waals surface area contributed by atoms with Crippen molar-refractivity contribution in [1.29, 1.82) is 0 Å². The van der Waals surface area contributed by atoms with Gasteiger partial charge in [0, 0.05) is 13.2 Å². The molecule has 2 fully saturated rings. The van der Waals surface area contributed by atoms with Crippen LogP contribution in [0.3, 0.4) is 0 Å². The second kappa shape index (κ2) is 8.05. The van der Waals surface area contributed by atoms with Crippen LogP contribution in [-0.4, -0.2) is 55.7 Å². The molecule has 2 rings (SSSR count). The zero-order valence-electron chi connectivity index (χ0n) is 12.6. The van der Waals surface area contributed by atoms with Gasteiger partial charge in [0.2, 0.25) is 5.91 Å². The van der Waals surface area contributed by atoms with Crippen LogP contribution >= 0.6 is 0 Å². The first-order valence-corrected chi connectivity index (χ1v) is 7.61. The summed E-state index contributed by atoms with van der Waals surface area (Å²) in [6, 6.07) is -0.429. The first-order chi connectivity index (χ1) is 10.2. The van der Waals surface area contributed by atoms with E-state index in [9.17, 15) is 9.90 Å². The minimum atomic E-state index is -0.754. The van der Waals surface area contributed by atoms with Crippen LogP contribution in [0.15, 0.2) is 0 Å². The molecule has 3 atom stereocenters. The summed E-state index contributed by atoms with van der Waals surface area (Å²) in [7, 11) is 0. The number of carbonyl (C=O) groups is 1. The number of aliphatic hydroxyl groups is 1. The summed E-state index contributed by atoms with van der Waals surface area (Å²) in [4.78, 5) is 12.0. The number of hydrogen-bond donors (Lipinski definition) is 2. The number of carbonyl (C=O) groups excluding carboxylic acids is 1. The van der Waals surface area contributed by atoms with Crippen molar-refractivity contribution in [1.82, 2.24) is 5.32 Å². The van der Waals surface area contributed by atoms with Crippen LogP contribution in [0.25, 0.3) is 0 Å². The Morgan fingerprint density at radius 1 is 1.33 bits per heavy atom. The molecule has 1 amide bonds. The fourth-order valence-corrected chi connectivity index (χ4v) is 2.51. The molecule has 0 aromatic carbocycles. The van der Waals surface area contributed by atoms with Gasteiger partial charge in [0.05, 0.1) is 24.7 Å². The lowest BCUT2D eigenvalue weighted by Crippen LogP contribution is -2.47. The van der Waals surface area contributed by atoms with Crippen LogP contribution < -0.4 is 5.32 Å². The van der Waals surface area contributed by atoms with E-state index in [4.69, 9.17) is 18.9 Å². The van der Waals surface area contributed by atoms with Gasteiger partial charge >= 0.3 is 0 Å². The maximum Gasteiger partial charge on any atom is 0.276 e. The molecule has 2 aliphatic rings. The molecule has 0 aliphatic carbocycles.